The van der Waals surface area contributed by atoms with E-state index in [1.165, 1.54) is 25.7 Å². The predicted octanol–water partition coefficient (Wildman–Crippen LogP) is 3.28. The lowest BCUT2D eigenvalue weighted by Crippen LogP contribution is -2.30. The van der Waals surface area contributed by atoms with Gasteiger partial charge < -0.3 is 4.90 Å². The Morgan fingerprint density at radius 1 is 1.09 bits per heavy atom. The molecule has 1 saturated carbocycles. The Bertz CT molecular complexity index is 694. The summed E-state index contributed by atoms with van der Waals surface area (Å²) in [5, 5.41) is 1.02. The Balaban J connectivity index is 1.51. The molecule has 0 spiro atoms. The number of fused-ring (bicyclic) bond motifs is 1. The second-order valence-corrected chi connectivity index (χ2v) is 6.61. The summed E-state index contributed by atoms with van der Waals surface area (Å²) < 4.78 is 0. The fraction of sp³-hybridized carbons (Fsp3) is 0.500. The number of likely N-dealkylation sites (tertiary alicyclic amines) is 1. The summed E-state index contributed by atoms with van der Waals surface area (Å²) in [6, 6.07) is 5.72. The Kier molecular flexibility index (Phi) is 3.53. The van der Waals surface area contributed by atoms with E-state index in [-0.39, 0.29) is 5.91 Å². The zero-order valence-corrected chi connectivity index (χ0v) is 12.7. The molecule has 2 fully saturated rings. The molecular formula is C18H21N3O. The van der Waals surface area contributed by atoms with Gasteiger partial charge in [-0.1, -0.05) is 31.7 Å². The highest BCUT2D eigenvalue weighted by Gasteiger charge is 2.33. The maximum atomic E-state index is 12.7. The van der Waals surface area contributed by atoms with Crippen LogP contribution in [0.3, 0.4) is 0 Å². The normalized spacial score (nSPS) is 22.5. The van der Waals surface area contributed by atoms with Gasteiger partial charge >= 0.3 is 0 Å². The van der Waals surface area contributed by atoms with Crippen molar-refractivity contribution in [3.63, 3.8) is 0 Å². The van der Waals surface area contributed by atoms with E-state index in [9.17, 15) is 4.79 Å². The van der Waals surface area contributed by atoms with Crippen molar-refractivity contribution < 1.29 is 4.79 Å². The summed E-state index contributed by atoms with van der Waals surface area (Å²) in [5.41, 5.74) is 1.34. The highest BCUT2D eigenvalue weighted by atomic mass is 16.2. The Morgan fingerprint density at radius 3 is 2.82 bits per heavy atom. The average molecular weight is 295 g/mol. The summed E-state index contributed by atoms with van der Waals surface area (Å²) in [4.78, 5) is 23.3. The molecule has 2 aromatic heterocycles. The summed E-state index contributed by atoms with van der Waals surface area (Å²) in [7, 11) is 0. The monoisotopic (exact) mass is 295 g/mol. The molecule has 1 aliphatic carbocycles. The molecular weight excluding hydrogens is 274 g/mol. The fourth-order valence-electron chi connectivity index (χ4n) is 4.03. The van der Waals surface area contributed by atoms with Crippen LogP contribution >= 0.6 is 0 Å². The third-order valence-electron chi connectivity index (χ3n) is 5.29. The van der Waals surface area contributed by atoms with Gasteiger partial charge in [-0.25, -0.2) is 4.98 Å². The number of hydrogen-bond acceptors (Lipinski definition) is 3. The first kappa shape index (κ1) is 13.7. The van der Waals surface area contributed by atoms with Crippen molar-refractivity contribution >= 4 is 16.8 Å². The van der Waals surface area contributed by atoms with Crippen molar-refractivity contribution in [1.29, 1.82) is 0 Å². The highest BCUT2D eigenvalue weighted by Crippen LogP contribution is 2.36. The first-order valence-corrected chi connectivity index (χ1v) is 8.31. The minimum atomic E-state index is 0.0752. The quantitative estimate of drug-likeness (QED) is 0.854. The second-order valence-electron chi connectivity index (χ2n) is 6.61. The van der Waals surface area contributed by atoms with E-state index < -0.39 is 0 Å². The van der Waals surface area contributed by atoms with Gasteiger partial charge in [-0.2, -0.15) is 0 Å². The van der Waals surface area contributed by atoms with Crippen LogP contribution in [-0.2, 0) is 0 Å². The minimum absolute atomic E-state index is 0.0752. The zero-order chi connectivity index (χ0) is 14.9. The summed E-state index contributed by atoms with van der Waals surface area (Å²) in [6.45, 7) is 1.79. The zero-order valence-electron chi connectivity index (χ0n) is 12.7. The van der Waals surface area contributed by atoms with Crippen LogP contribution in [0.5, 0.6) is 0 Å². The number of hydrogen-bond donors (Lipinski definition) is 0. The van der Waals surface area contributed by atoms with Crippen LogP contribution in [-0.4, -0.2) is 33.9 Å². The molecule has 0 aromatic carbocycles. The van der Waals surface area contributed by atoms with Gasteiger partial charge in [0, 0.05) is 24.7 Å². The third kappa shape index (κ3) is 2.47. The van der Waals surface area contributed by atoms with Crippen LogP contribution in [0.4, 0.5) is 0 Å². The van der Waals surface area contributed by atoms with E-state index in [1.54, 1.807) is 12.4 Å². The molecule has 2 aromatic rings. The van der Waals surface area contributed by atoms with Crippen LogP contribution in [0, 0.1) is 11.8 Å². The SMILES string of the molecule is O=C(c1ccc2ccncc2n1)N1CCC(C2CCCC2)C1. The molecule has 3 heterocycles. The number of carbonyl (C=O) groups is 1. The molecule has 0 radical (unpaired) electrons. The molecule has 1 amide bonds. The molecule has 2 aliphatic rings. The van der Waals surface area contributed by atoms with Crippen molar-refractivity contribution in [2.45, 2.75) is 32.1 Å². The molecule has 114 valence electrons. The Labute approximate surface area is 130 Å². The van der Waals surface area contributed by atoms with Gasteiger partial charge in [-0.3, -0.25) is 9.78 Å². The van der Waals surface area contributed by atoms with Crippen molar-refractivity contribution in [2.75, 3.05) is 13.1 Å². The van der Waals surface area contributed by atoms with Crippen LogP contribution in [0.1, 0.15) is 42.6 Å². The van der Waals surface area contributed by atoms with Crippen molar-refractivity contribution in [2.24, 2.45) is 11.8 Å². The molecule has 4 rings (SSSR count). The molecule has 0 N–H and O–H groups in total. The summed E-state index contributed by atoms with van der Waals surface area (Å²) in [5.74, 6) is 1.62. The van der Waals surface area contributed by atoms with E-state index in [0.717, 1.165) is 36.3 Å². The number of aromatic nitrogens is 2. The lowest BCUT2D eigenvalue weighted by molar-refractivity contribution is 0.0777. The molecule has 4 nitrogen and oxygen atoms in total. The van der Waals surface area contributed by atoms with Crippen molar-refractivity contribution in [3.8, 4) is 0 Å². The maximum Gasteiger partial charge on any atom is 0.272 e. The van der Waals surface area contributed by atoms with E-state index in [0.29, 0.717) is 11.6 Å². The van der Waals surface area contributed by atoms with E-state index in [4.69, 9.17) is 0 Å². The number of carbonyl (C=O) groups excluding carboxylic acids is 1. The van der Waals surface area contributed by atoms with Gasteiger partial charge in [-0.05, 0) is 30.4 Å². The fourth-order valence-corrected chi connectivity index (χ4v) is 4.03. The van der Waals surface area contributed by atoms with Gasteiger partial charge in [0.1, 0.15) is 5.69 Å². The smallest absolute Gasteiger partial charge is 0.272 e. The average Bonchev–Trinajstić information content (AvgIpc) is 3.24. The Hall–Kier alpha value is -1.97. The van der Waals surface area contributed by atoms with Crippen LogP contribution in [0.15, 0.2) is 30.6 Å². The second kappa shape index (κ2) is 5.67. The molecule has 1 atom stereocenters. The van der Waals surface area contributed by atoms with Gasteiger partial charge in [0.15, 0.2) is 0 Å². The molecule has 22 heavy (non-hydrogen) atoms. The largest absolute Gasteiger partial charge is 0.337 e. The summed E-state index contributed by atoms with van der Waals surface area (Å²) >= 11 is 0. The van der Waals surface area contributed by atoms with Crippen molar-refractivity contribution in [3.05, 3.63) is 36.3 Å². The maximum absolute atomic E-state index is 12.7. The first-order chi connectivity index (χ1) is 10.8. The molecule has 4 heteroatoms. The van der Waals surface area contributed by atoms with Crippen LogP contribution in [0.2, 0.25) is 0 Å². The molecule has 1 unspecified atom stereocenters. The lowest BCUT2D eigenvalue weighted by Gasteiger charge is -2.19. The summed E-state index contributed by atoms with van der Waals surface area (Å²) in [6.07, 6.45) is 10.1. The predicted molar refractivity (Wildman–Crippen MR) is 85.5 cm³/mol. The van der Waals surface area contributed by atoms with E-state index in [2.05, 4.69) is 9.97 Å². The third-order valence-corrected chi connectivity index (χ3v) is 5.29. The topological polar surface area (TPSA) is 46.1 Å². The number of pyridine rings is 2. The van der Waals surface area contributed by atoms with Crippen LogP contribution in [0.25, 0.3) is 10.9 Å². The lowest BCUT2D eigenvalue weighted by atomic mass is 9.90. The highest BCUT2D eigenvalue weighted by molar-refractivity contribution is 5.94. The van der Waals surface area contributed by atoms with Gasteiger partial charge in [0.2, 0.25) is 0 Å². The minimum Gasteiger partial charge on any atom is -0.337 e. The first-order valence-electron chi connectivity index (χ1n) is 8.31. The van der Waals surface area contributed by atoms with Gasteiger partial charge in [0.25, 0.3) is 5.91 Å². The molecule has 0 bridgehead atoms. The van der Waals surface area contributed by atoms with Crippen LogP contribution < -0.4 is 0 Å². The Morgan fingerprint density at radius 2 is 1.95 bits per heavy atom. The van der Waals surface area contributed by atoms with Crippen molar-refractivity contribution in [1.82, 2.24) is 14.9 Å². The standard InChI is InChI=1S/C18H21N3O/c22-18(16-6-5-14-7-9-19-11-17(14)20-16)21-10-8-15(12-21)13-3-1-2-4-13/h5-7,9,11,13,15H,1-4,8,10,12H2. The number of amides is 1. The van der Waals surface area contributed by atoms with Gasteiger partial charge in [-0.15, -0.1) is 0 Å². The number of nitrogens with zero attached hydrogens (tertiary/aromatic N) is 3. The van der Waals surface area contributed by atoms with E-state index in [1.807, 2.05) is 23.1 Å². The molecule has 1 aliphatic heterocycles. The molecule has 1 saturated heterocycles. The van der Waals surface area contributed by atoms with E-state index >= 15 is 0 Å². The van der Waals surface area contributed by atoms with Gasteiger partial charge in [0.05, 0.1) is 11.7 Å². The number of rotatable bonds is 2.